The lowest BCUT2D eigenvalue weighted by Gasteiger charge is -2.09. The minimum Gasteiger partial charge on any atom is -0.376 e. The minimum atomic E-state index is -0.440. The third-order valence-corrected chi connectivity index (χ3v) is 2.53. The van der Waals surface area contributed by atoms with E-state index in [0.717, 1.165) is 19.4 Å². The summed E-state index contributed by atoms with van der Waals surface area (Å²) in [4.78, 5) is 10.3. The number of hydrogen-bond donors (Lipinski definition) is 1. The molecule has 2 heterocycles. The van der Waals surface area contributed by atoms with Gasteiger partial charge in [0.1, 0.15) is 6.20 Å². The molecule has 0 spiro atoms. The third kappa shape index (κ3) is 2.30. The van der Waals surface area contributed by atoms with Crippen LogP contribution in [0.15, 0.2) is 6.20 Å². The summed E-state index contributed by atoms with van der Waals surface area (Å²) in [6.07, 6.45) is 3.57. The van der Waals surface area contributed by atoms with Gasteiger partial charge in [0, 0.05) is 20.2 Å². The Kier molecular flexibility index (Phi) is 3.04. The largest absolute Gasteiger partial charge is 0.376 e. The van der Waals surface area contributed by atoms with E-state index in [-0.39, 0.29) is 11.8 Å². The van der Waals surface area contributed by atoms with Gasteiger partial charge in [-0.05, 0) is 12.8 Å². The number of nitro groups is 1. The lowest BCUT2D eigenvalue weighted by molar-refractivity contribution is -0.384. The van der Waals surface area contributed by atoms with E-state index in [4.69, 9.17) is 4.74 Å². The summed E-state index contributed by atoms with van der Waals surface area (Å²) in [6, 6.07) is 0. The van der Waals surface area contributed by atoms with Gasteiger partial charge in [0.15, 0.2) is 0 Å². The Labute approximate surface area is 92.5 Å². The molecule has 1 N–H and O–H groups in total. The van der Waals surface area contributed by atoms with Gasteiger partial charge in [-0.1, -0.05) is 0 Å². The Hall–Kier alpha value is -1.63. The fourth-order valence-corrected chi connectivity index (χ4v) is 1.75. The molecule has 0 amide bonds. The van der Waals surface area contributed by atoms with Crippen molar-refractivity contribution in [2.75, 3.05) is 18.5 Å². The van der Waals surface area contributed by atoms with Gasteiger partial charge in [-0.15, -0.1) is 5.10 Å². The molecule has 0 bridgehead atoms. The van der Waals surface area contributed by atoms with Crippen molar-refractivity contribution in [3.63, 3.8) is 0 Å². The highest BCUT2D eigenvalue weighted by Crippen LogP contribution is 2.22. The van der Waals surface area contributed by atoms with Crippen LogP contribution in [0.25, 0.3) is 0 Å². The summed E-state index contributed by atoms with van der Waals surface area (Å²) in [6.45, 7) is 1.34. The summed E-state index contributed by atoms with van der Waals surface area (Å²) in [5.74, 6) is 0.308. The highest BCUT2D eigenvalue weighted by atomic mass is 16.6. The van der Waals surface area contributed by atoms with Crippen LogP contribution in [0.1, 0.15) is 12.8 Å². The summed E-state index contributed by atoms with van der Waals surface area (Å²) in [7, 11) is 1.66. The average molecular weight is 226 g/mol. The molecule has 1 unspecified atom stereocenters. The van der Waals surface area contributed by atoms with E-state index < -0.39 is 4.92 Å². The van der Waals surface area contributed by atoms with E-state index >= 15 is 0 Å². The molecule has 16 heavy (non-hydrogen) atoms. The van der Waals surface area contributed by atoms with Gasteiger partial charge in [0.25, 0.3) is 0 Å². The van der Waals surface area contributed by atoms with Gasteiger partial charge < -0.3 is 10.1 Å². The summed E-state index contributed by atoms with van der Waals surface area (Å²) in [5.41, 5.74) is 0.000460. The summed E-state index contributed by atoms with van der Waals surface area (Å²) >= 11 is 0. The Morgan fingerprint density at radius 2 is 2.62 bits per heavy atom. The highest BCUT2D eigenvalue weighted by Gasteiger charge is 2.21. The second-order valence-corrected chi connectivity index (χ2v) is 3.81. The first-order valence-corrected chi connectivity index (χ1v) is 5.20. The minimum absolute atomic E-state index is 0.000460. The lowest BCUT2D eigenvalue weighted by atomic mass is 10.2. The van der Waals surface area contributed by atoms with Crippen molar-refractivity contribution in [2.45, 2.75) is 18.9 Å². The SMILES string of the molecule is Cn1cc([N+](=O)[O-])c(NCC2CCCO2)n1. The molecule has 1 saturated heterocycles. The number of nitrogens with zero attached hydrogens (tertiary/aromatic N) is 3. The predicted molar refractivity (Wildman–Crippen MR) is 57.3 cm³/mol. The van der Waals surface area contributed by atoms with Gasteiger partial charge in [-0.25, -0.2) is 0 Å². The zero-order valence-electron chi connectivity index (χ0n) is 9.05. The zero-order chi connectivity index (χ0) is 11.5. The van der Waals surface area contributed by atoms with Crippen molar-refractivity contribution in [3.05, 3.63) is 16.3 Å². The summed E-state index contributed by atoms with van der Waals surface area (Å²) < 4.78 is 6.84. The molecule has 1 aromatic heterocycles. The number of aromatic nitrogens is 2. The van der Waals surface area contributed by atoms with Crippen LogP contribution in [0.2, 0.25) is 0 Å². The Balaban J connectivity index is 1.99. The first-order chi connectivity index (χ1) is 7.66. The maximum absolute atomic E-state index is 10.7. The Morgan fingerprint density at radius 1 is 1.81 bits per heavy atom. The van der Waals surface area contributed by atoms with E-state index in [1.165, 1.54) is 10.9 Å². The molecule has 0 aliphatic carbocycles. The van der Waals surface area contributed by atoms with Gasteiger partial charge in [0.05, 0.1) is 11.0 Å². The van der Waals surface area contributed by atoms with Gasteiger partial charge in [-0.2, -0.15) is 0 Å². The van der Waals surface area contributed by atoms with Crippen molar-refractivity contribution < 1.29 is 9.66 Å². The summed E-state index contributed by atoms with van der Waals surface area (Å²) in [5, 5.41) is 17.7. The first-order valence-electron chi connectivity index (χ1n) is 5.20. The molecular formula is C9H14N4O3. The zero-order valence-corrected chi connectivity index (χ0v) is 9.05. The second-order valence-electron chi connectivity index (χ2n) is 3.81. The van der Waals surface area contributed by atoms with Crippen molar-refractivity contribution in [1.29, 1.82) is 0 Å². The maximum atomic E-state index is 10.7. The van der Waals surface area contributed by atoms with Crippen LogP contribution < -0.4 is 5.32 Å². The third-order valence-electron chi connectivity index (χ3n) is 2.53. The van der Waals surface area contributed by atoms with Gasteiger partial charge in [0.2, 0.25) is 5.82 Å². The fourth-order valence-electron chi connectivity index (χ4n) is 1.75. The fraction of sp³-hybridized carbons (Fsp3) is 0.667. The normalized spacial score (nSPS) is 19.9. The van der Waals surface area contributed by atoms with Crippen LogP contribution in [0.3, 0.4) is 0 Å². The van der Waals surface area contributed by atoms with Crippen molar-refractivity contribution >= 4 is 11.5 Å². The quantitative estimate of drug-likeness (QED) is 0.609. The molecule has 7 heteroatoms. The number of rotatable bonds is 4. The van der Waals surface area contributed by atoms with Crippen molar-refractivity contribution in [1.82, 2.24) is 9.78 Å². The smallest absolute Gasteiger partial charge is 0.330 e. The van der Waals surface area contributed by atoms with Crippen LogP contribution in [0, 0.1) is 10.1 Å². The second kappa shape index (κ2) is 4.48. The molecule has 1 fully saturated rings. The molecule has 1 atom stereocenters. The van der Waals surface area contributed by atoms with Gasteiger partial charge in [-0.3, -0.25) is 14.8 Å². The molecule has 1 aliphatic heterocycles. The van der Waals surface area contributed by atoms with Crippen LogP contribution >= 0.6 is 0 Å². The number of hydrogen-bond acceptors (Lipinski definition) is 5. The standard InChI is InChI=1S/C9H14N4O3/c1-12-6-8(13(14)15)9(11-12)10-5-7-3-2-4-16-7/h6-7H,2-5H2,1H3,(H,10,11). The van der Waals surface area contributed by atoms with Crippen molar-refractivity contribution in [2.24, 2.45) is 7.05 Å². The van der Waals surface area contributed by atoms with Gasteiger partial charge >= 0.3 is 5.69 Å². The van der Waals surface area contributed by atoms with E-state index in [1.807, 2.05) is 0 Å². The molecule has 1 aliphatic rings. The molecule has 7 nitrogen and oxygen atoms in total. The average Bonchev–Trinajstić information content (AvgIpc) is 2.83. The number of nitrogens with one attached hydrogen (secondary N) is 1. The number of ether oxygens (including phenoxy) is 1. The monoisotopic (exact) mass is 226 g/mol. The maximum Gasteiger partial charge on any atom is 0.330 e. The molecule has 0 saturated carbocycles. The Morgan fingerprint density at radius 3 is 3.25 bits per heavy atom. The Bertz CT molecular complexity index is 384. The molecule has 1 aromatic rings. The molecule has 88 valence electrons. The van der Waals surface area contributed by atoms with Crippen LogP contribution in [0.5, 0.6) is 0 Å². The number of aryl methyl sites for hydroxylation is 1. The van der Waals surface area contributed by atoms with E-state index in [2.05, 4.69) is 10.4 Å². The van der Waals surface area contributed by atoms with Crippen molar-refractivity contribution in [3.8, 4) is 0 Å². The molecule has 0 aromatic carbocycles. The highest BCUT2D eigenvalue weighted by molar-refractivity contribution is 5.54. The lowest BCUT2D eigenvalue weighted by Crippen LogP contribution is -2.19. The topological polar surface area (TPSA) is 82.2 Å². The van der Waals surface area contributed by atoms with E-state index in [1.54, 1.807) is 7.05 Å². The van der Waals surface area contributed by atoms with Crippen LogP contribution in [0.4, 0.5) is 11.5 Å². The molecule has 2 rings (SSSR count). The van der Waals surface area contributed by atoms with Crippen LogP contribution in [-0.4, -0.2) is 34.0 Å². The van der Waals surface area contributed by atoms with E-state index in [9.17, 15) is 10.1 Å². The van der Waals surface area contributed by atoms with E-state index in [0.29, 0.717) is 12.4 Å². The first kappa shape index (κ1) is 10.9. The predicted octanol–water partition coefficient (Wildman–Crippen LogP) is 0.919. The number of anilines is 1. The molecule has 0 radical (unpaired) electrons. The molecular weight excluding hydrogens is 212 g/mol. The van der Waals surface area contributed by atoms with Crippen LogP contribution in [-0.2, 0) is 11.8 Å².